The van der Waals surface area contributed by atoms with Crippen LogP contribution in [0.4, 0.5) is 0 Å². The molecule has 0 fully saturated rings. The fourth-order valence-corrected chi connectivity index (χ4v) is 3.08. The first-order valence-corrected chi connectivity index (χ1v) is 8.84. The summed E-state index contributed by atoms with van der Waals surface area (Å²) >= 11 is 4.84. The van der Waals surface area contributed by atoms with E-state index in [1.807, 2.05) is 24.5 Å². The molecule has 120 valence electrons. The lowest BCUT2D eigenvalue weighted by molar-refractivity contribution is -0.118. The Kier molecular flexibility index (Phi) is 5.94. The molecule has 0 atom stereocenters. The number of amides is 1. The van der Waals surface area contributed by atoms with Crippen molar-refractivity contribution in [2.75, 3.05) is 14.1 Å². The van der Waals surface area contributed by atoms with Gasteiger partial charge in [0.05, 0.1) is 6.42 Å². The summed E-state index contributed by atoms with van der Waals surface area (Å²) in [5, 5.41) is 1.15. The third-order valence-corrected chi connectivity index (χ3v) is 4.36. The van der Waals surface area contributed by atoms with Crippen molar-refractivity contribution in [1.29, 1.82) is 0 Å². The van der Waals surface area contributed by atoms with Crippen LogP contribution in [-0.4, -0.2) is 28.9 Å². The van der Waals surface area contributed by atoms with Crippen molar-refractivity contribution in [1.82, 2.24) is 13.6 Å². The predicted molar refractivity (Wildman–Crippen MR) is 97.6 cm³/mol. The SMILES string of the molecule is CC(C)Cn1cc(CC(=O)NSN(C)C)c2ccc(Br)cc21. The van der Waals surface area contributed by atoms with Gasteiger partial charge in [-0.05, 0) is 37.7 Å². The summed E-state index contributed by atoms with van der Waals surface area (Å²) < 4.78 is 8.00. The third kappa shape index (κ3) is 4.51. The molecule has 6 heteroatoms. The topological polar surface area (TPSA) is 37.3 Å². The van der Waals surface area contributed by atoms with Crippen LogP contribution >= 0.6 is 28.1 Å². The molecular weight excluding hydrogens is 362 g/mol. The summed E-state index contributed by atoms with van der Waals surface area (Å²) in [6, 6.07) is 6.23. The number of aromatic nitrogens is 1. The van der Waals surface area contributed by atoms with E-state index in [4.69, 9.17) is 0 Å². The summed E-state index contributed by atoms with van der Waals surface area (Å²) in [6.45, 7) is 5.34. The molecule has 1 aromatic carbocycles. The predicted octanol–water partition coefficient (Wildman–Crippen LogP) is 3.84. The van der Waals surface area contributed by atoms with Gasteiger partial charge in [0, 0.05) is 40.3 Å². The third-order valence-electron chi connectivity index (χ3n) is 3.18. The number of nitrogens with zero attached hydrogens (tertiary/aromatic N) is 2. The Hall–Kier alpha value is -0.980. The average Bonchev–Trinajstić information content (AvgIpc) is 2.73. The van der Waals surface area contributed by atoms with E-state index in [0.717, 1.165) is 22.0 Å². The molecule has 1 amide bonds. The maximum Gasteiger partial charge on any atom is 0.235 e. The Labute approximate surface area is 144 Å². The first-order chi connectivity index (χ1) is 10.4. The van der Waals surface area contributed by atoms with Crippen molar-refractivity contribution in [2.45, 2.75) is 26.8 Å². The standard InChI is InChI=1S/C16H22BrN3OS/c1-11(2)9-20-10-12(7-16(21)18-22-19(3)4)14-6-5-13(17)8-15(14)20/h5-6,8,10-11H,7,9H2,1-4H3,(H,18,21). The minimum atomic E-state index is 0.0187. The van der Waals surface area contributed by atoms with Crippen molar-refractivity contribution in [3.05, 3.63) is 34.4 Å². The Balaban J connectivity index is 2.27. The lowest BCUT2D eigenvalue weighted by Gasteiger charge is -2.08. The van der Waals surface area contributed by atoms with Crippen LogP contribution in [0, 0.1) is 5.92 Å². The molecule has 0 saturated heterocycles. The zero-order chi connectivity index (χ0) is 16.3. The molecule has 0 radical (unpaired) electrons. The molecule has 0 aliphatic heterocycles. The summed E-state index contributed by atoms with van der Waals surface area (Å²) in [4.78, 5) is 12.1. The molecule has 2 rings (SSSR count). The first-order valence-electron chi connectivity index (χ1n) is 7.27. The molecule has 0 aliphatic carbocycles. The van der Waals surface area contributed by atoms with Gasteiger partial charge in [-0.25, -0.2) is 4.31 Å². The number of hydrogen-bond acceptors (Lipinski definition) is 3. The number of nitrogens with one attached hydrogen (secondary N) is 1. The summed E-state index contributed by atoms with van der Waals surface area (Å²) in [6.07, 6.45) is 2.50. The largest absolute Gasteiger partial charge is 0.347 e. The van der Waals surface area contributed by atoms with Crippen LogP contribution < -0.4 is 4.72 Å². The minimum absolute atomic E-state index is 0.0187. The zero-order valence-electron chi connectivity index (χ0n) is 13.4. The Morgan fingerprint density at radius 3 is 2.77 bits per heavy atom. The second-order valence-electron chi connectivity index (χ2n) is 5.97. The number of hydrogen-bond donors (Lipinski definition) is 1. The van der Waals surface area contributed by atoms with E-state index in [-0.39, 0.29) is 5.91 Å². The fraction of sp³-hybridized carbons (Fsp3) is 0.438. The molecule has 4 nitrogen and oxygen atoms in total. The van der Waals surface area contributed by atoms with Crippen molar-refractivity contribution in [3.63, 3.8) is 0 Å². The van der Waals surface area contributed by atoms with Gasteiger partial charge in [-0.1, -0.05) is 35.8 Å². The van der Waals surface area contributed by atoms with Crippen molar-refractivity contribution in [3.8, 4) is 0 Å². The molecule has 0 spiro atoms. The molecule has 0 unspecified atom stereocenters. The molecule has 22 heavy (non-hydrogen) atoms. The summed E-state index contributed by atoms with van der Waals surface area (Å²) in [5.41, 5.74) is 2.24. The van der Waals surface area contributed by atoms with E-state index in [9.17, 15) is 4.79 Å². The van der Waals surface area contributed by atoms with E-state index in [1.165, 1.54) is 17.7 Å². The summed E-state index contributed by atoms with van der Waals surface area (Å²) in [7, 11) is 3.80. The maximum atomic E-state index is 12.1. The van der Waals surface area contributed by atoms with Gasteiger partial charge in [0.1, 0.15) is 0 Å². The quantitative estimate of drug-likeness (QED) is 0.769. The summed E-state index contributed by atoms with van der Waals surface area (Å²) in [5.74, 6) is 0.575. The molecule has 1 N–H and O–H groups in total. The van der Waals surface area contributed by atoms with Gasteiger partial charge >= 0.3 is 0 Å². The van der Waals surface area contributed by atoms with Crippen LogP contribution in [0.5, 0.6) is 0 Å². The molecule has 2 aromatic rings. The van der Waals surface area contributed by atoms with Crippen molar-refractivity contribution >= 4 is 44.9 Å². The average molecular weight is 384 g/mol. The van der Waals surface area contributed by atoms with E-state index in [0.29, 0.717) is 12.3 Å². The fourth-order valence-electron chi connectivity index (χ4n) is 2.38. The van der Waals surface area contributed by atoms with Gasteiger partial charge in [0.2, 0.25) is 5.91 Å². The van der Waals surface area contributed by atoms with Gasteiger partial charge in [-0.15, -0.1) is 0 Å². The van der Waals surface area contributed by atoms with Gasteiger partial charge in [0.15, 0.2) is 0 Å². The molecular formula is C16H22BrN3OS. The Morgan fingerprint density at radius 2 is 2.14 bits per heavy atom. The van der Waals surface area contributed by atoms with E-state index < -0.39 is 0 Å². The Bertz CT molecular complexity index is 667. The van der Waals surface area contributed by atoms with Crippen LogP contribution in [0.15, 0.2) is 28.9 Å². The maximum absolute atomic E-state index is 12.1. The second kappa shape index (κ2) is 7.53. The lowest BCUT2D eigenvalue weighted by atomic mass is 10.1. The molecule has 1 aromatic heterocycles. The van der Waals surface area contributed by atoms with Crippen LogP contribution in [0.3, 0.4) is 0 Å². The minimum Gasteiger partial charge on any atom is -0.347 e. The van der Waals surface area contributed by atoms with Gasteiger partial charge in [0.25, 0.3) is 0 Å². The van der Waals surface area contributed by atoms with Gasteiger partial charge < -0.3 is 4.57 Å². The zero-order valence-corrected chi connectivity index (χ0v) is 15.8. The van der Waals surface area contributed by atoms with Crippen molar-refractivity contribution < 1.29 is 4.79 Å². The first kappa shape index (κ1) is 17.4. The lowest BCUT2D eigenvalue weighted by Crippen LogP contribution is -2.22. The number of carbonyl (C=O) groups is 1. The normalized spacial score (nSPS) is 11.6. The highest BCUT2D eigenvalue weighted by Crippen LogP contribution is 2.26. The highest BCUT2D eigenvalue weighted by atomic mass is 79.9. The Morgan fingerprint density at radius 1 is 1.41 bits per heavy atom. The van der Waals surface area contributed by atoms with Crippen LogP contribution in [-0.2, 0) is 17.8 Å². The number of benzene rings is 1. The van der Waals surface area contributed by atoms with Crippen LogP contribution in [0.2, 0.25) is 0 Å². The monoisotopic (exact) mass is 383 g/mol. The van der Waals surface area contributed by atoms with Crippen LogP contribution in [0.1, 0.15) is 19.4 Å². The van der Waals surface area contributed by atoms with E-state index >= 15 is 0 Å². The van der Waals surface area contributed by atoms with E-state index in [2.05, 4.69) is 57.4 Å². The number of halogens is 1. The van der Waals surface area contributed by atoms with Gasteiger partial charge in [-0.2, -0.15) is 0 Å². The van der Waals surface area contributed by atoms with Gasteiger partial charge in [-0.3, -0.25) is 9.52 Å². The molecule has 1 heterocycles. The second-order valence-corrected chi connectivity index (χ2v) is 8.00. The molecule has 0 bridgehead atoms. The smallest absolute Gasteiger partial charge is 0.235 e. The highest BCUT2D eigenvalue weighted by molar-refractivity contribution is 9.10. The van der Waals surface area contributed by atoms with Crippen molar-refractivity contribution in [2.24, 2.45) is 5.92 Å². The number of rotatable bonds is 6. The highest BCUT2D eigenvalue weighted by Gasteiger charge is 2.13. The number of fused-ring (bicyclic) bond motifs is 1. The van der Waals surface area contributed by atoms with E-state index in [1.54, 1.807) is 0 Å². The van der Waals surface area contributed by atoms with Crippen LogP contribution in [0.25, 0.3) is 10.9 Å². The molecule has 0 saturated carbocycles. The molecule has 0 aliphatic rings. The number of carbonyl (C=O) groups excluding carboxylic acids is 1.